The molecule has 2 bridgehead atoms. The number of anilines is 1. The van der Waals surface area contributed by atoms with Crippen LogP contribution >= 0.6 is 0 Å². The summed E-state index contributed by atoms with van der Waals surface area (Å²) < 4.78 is 5.48. The second-order valence-electron chi connectivity index (χ2n) is 7.28. The molecule has 0 spiro atoms. The first-order valence-corrected chi connectivity index (χ1v) is 8.16. The van der Waals surface area contributed by atoms with Crippen molar-refractivity contribution >= 4 is 17.5 Å². The SMILES string of the molecule is CO[N+](=O)c1ccc(N2CC3CC2CN3C(=O)OC(C)(C)C)cc1. The third-order valence-corrected chi connectivity index (χ3v) is 4.43. The molecule has 2 unspecified atom stereocenters. The monoisotopic (exact) mass is 334 g/mol. The largest absolute Gasteiger partial charge is 0.444 e. The lowest BCUT2D eigenvalue weighted by Crippen LogP contribution is -2.50. The van der Waals surface area contributed by atoms with Crippen molar-refractivity contribution in [1.82, 2.24) is 4.90 Å². The van der Waals surface area contributed by atoms with Gasteiger partial charge in [0.05, 0.1) is 10.9 Å². The molecule has 2 heterocycles. The standard InChI is InChI=1S/C17H24N3O4/c1-17(2,3)24-16(21)19-11-14-9-15(19)10-18(14)12-5-7-13(8-6-12)20(22)23-4/h5-8,14-15H,9-11H2,1-4H3/q+1. The average molecular weight is 334 g/mol. The first-order valence-electron chi connectivity index (χ1n) is 8.16. The van der Waals surface area contributed by atoms with Crippen LogP contribution in [0, 0.1) is 4.91 Å². The van der Waals surface area contributed by atoms with E-state index in [9.17, 15) is 9.70 Å². The molecule has 1 aromatic rings. The van der Waals surface area contributed by atoms with Crippen LogP contribution in [0.3, 0.4) is 0 Å². The van der Waals surface area contributed by atoms with E-state index < -0.39 is 5.60 Å². The predicted octanol–water partition coefficient (Wildman–Crippen LogP) is 2.86. The van der Waals surface area contributed by atoms with Gasteiger partial charge in [0, 0.05) is 37.0 Å². The highest BCUT2D eigenvalue weighted by Crippen LogP contribution is 2.35. The second-order valence-corrected chi connectivity index (χ2v) is 7.28. The number of amides is 1. The molecular formula is C17H24N3O4+. The Morgan fingerprint density at radius 1 is 1.17 bits per heavy atom. The van der Waals surface area contributed by atoms with Crippen LogP contribution in [-0.4, -0.2) is 53.8 Å². The van der Waals surface area contributed by atoms with E-state index in [2.05, 4.69) is 9.74 Å². The molecule has 0 aliphatic carbocycles. The number of likely N-dealkylation sites (tertiary alicyclic amines) is 1. The van der Waals surface area contributed by atoms with E-state index in [1.165, 1.54) is 7.11 Å². The lowest BCUT2D eigenvalue weighted by Gasteiger charge is -2.36. The van der Waals surface area contributed by atoms with Crippen molar-refractivity contribution < 1.29 is 19.3 Å². The molecule has 2 saturated heterocycles. The maximum Gasteiger partial charge on any atom is 0.410 e. The van der Waals surface area contributed by atoms with Gasteiger partial charge < -0.3 is 14.5 Å². The third-order valence-electron chi connectivity index (χ3n) is 4.43. The van der Waals surface area contributed by atoms with E-state index in [1.54, 1.807) is 12.1 Å². The number of hydrogen-bond donors (Lipinski definition) is 0. The highest BCUT2D eigenvalue weighted by Gasteiger charge is 2.46. The van der Waals surface area contributed by atoms with Crippen molar-refractivity contribution in [3.05, 3.63) is 29.2 Å². The zero-order valence-electron chi connectivity index (χ0n) is 14.6. The first kappa shape index (κ1) is 16.5. The molecule has 1 aromatic carbocycles. The number of fused-ring (bicyclic) bond motifs is 2. The number of nitrogens with zero attached hydrogens (tertiary/aromatic N) is 3. The Morgan fingerprint density at radius 2 is 1.83 bits per heavy atom. The molecule has 0 aromatic heterocycles. The van der Waals surface area contributed by atoms with Crippen LogP contribution in [0.2, 0.25) is 0 Å². The van der Waals surface area contributed by atoms with Gasteiger partial charge in [0.25, 0.3) is 4.92 Å². The van der Waals surface area contributed by atoms with Gasteiger partial charge >= 0.3 is 11.8 Å². The van der Waals surface area contributed by atoms with Gasteiger partial charge in [-0.1, -0.05) is 0 Å². The summed E-state index contributed by atoms with van der Waals surface area (Å²) in [5.74, 6) is 0. The van der Waals surface area contributed by atoms with Crippen molar-refractivity contribution in [3.8, 4) is 0 Å². The van der Waals surface area contributed by atoms with Crippen LogP contribution in [0.25, 0.3) is 0 Å². The topological polar surface area (TPSA) is 62.1 Å². The van der Waals surface area contributed by atoms with Gasteiger partial charge in [-0.2, -0.15) is 0 Å². The van der Waals surface area contributed by atoms with Gasteiger partial charge in [-0.15, -0.1) is 0 Å². The Labute approximate surface area is 141 Å². The zero-order valence-corrected chi connectivity index (χ0v) is 14.6. The van der Waals surface area contributed by atoms with Gasteiger partial charge in [0.15, 0.2) is 7.11 Å². The molecule has 0 radical (unpaired) electrons. The van der Waals surface area contributed by atoms with E-state index in [0.29, 0.717) is 23.2 Å². The van der Waals surface area contributed by atoms with Crippen LogP contribution in [-0.2, 0) is 9.57 Å². The summed E-state index contributed by atoms with van der Waals surface area (Å²) in [5, 5.41) is 0. The minimum atomic E-state index is -0.472. The smallest absolute Gasteiger partial charge is 0.410 e. The van der Waals surface area contributed by atoms with E-state index in [4.69, 9.17) is 4.74 Å². The lowest BCUT2D eigenvalue weighted by atomic mass is 10.2. The molecule has 2 fully saturated rings. The quantitative estimate of drug-likeness (QED) is 0.796. The van der Waals surface area contributed by atoms with Crippen molar-refractivity contribution in [2.24, 2.45) is 0 Å². The molecule has 2 aliphatic heterocycles. The Hall–Kier alpha value is -2.31. The minimum Gasteiger partial charge on any atom is -0.444 e. The Bertz CT molecular complexity index is 638. The molecule has 7 nitrogen and oxygen atoms in total. The molecule has 2 atom stereocenters. The summed E-state index contributed by atoms with van der Waals surface area (Å²) >= 11 is 0. The van der Waals surface area contributed by atoms with Crippen LogP contribution < -0.4 is 4.90 Å². The molecule has 3 rings (SSSR count). The number of rotatable bonds is 3. The van der Waals surface area contributed by atoms with E-state index in [0.717, 1.165) is 18.7 Å². The Kier molecular flexibility index (Phi) is 4.11. The maximum atomic E-state index is 12.3. The molecule has 7 heteroatoms. The zero-order chi connectivity index (χ0) is 17.5. The van der Waals surface area contributed by atoms with Crippen LogP contribution in [0.4, 0.5) is 16.2 Å². The number of ether oxygens (including phenoxy) is 1. The fraction of sp³-hybridized carbons (Fsp3) is 0.588. The van der Waals surface area contributed by atoms with Crippen LogP contribution in [0.15, 0.2) is 24.3 Å². The van der Waals surface area contributed by atoms with Gasteiger partial charge in [0.1, 0.15) is 5.60 Å². The van der Waals surface area contributed by atoms with E-state index in [1.807, 2.05) is 37.8 Å². The summed E-state index contributed by atoms with van der Waals surface area (Å²) in [5.41, 5.74) is 1.04. The van der Waals surface area contributed by atoms with Gasteiger partial charge in [-0.05, 0) is 39.3 Å². The van der Waals surface area contributed by atoms with Crippen molar-refractivity contribution in [2.75, 3.05) is 25.1 Å². The number of piperazine rings is 1. The average Bonchev–Trinajstić information content (AvgIpc) is 3.13. The molecular weight excluding hydrogens is 310 g/mol. The molecule has 24 heavy (non-hydrogen) atoms. The molecule has 0 N–H and O–H groups in total. The maximum absolute atomic E-state index is 12.3. The number of benzene rings is 1. The lowest BCUT2D eigenvalue weighted by molar-refractivity contribution is -0.736. The summed E-state index contributed by atoms with van der Waals surface area (Å²) in [6, 6.07) is 7.78. The fourth-order valence-electron chi connectivity index (χ4n) is 3.40. The summed E-state index contributed by atoms with van der Waals surface area (Å²) in [7, 11) is 1.34. The van der Waals surface area contributed by atoms with E-state index >= 15 is 0 Å². The van der Waals surface area contributed by atoms with Crippen molar-refractivity contribution in [3.63, 3.8) is 0 Å². The Morgan fingerprint density at radius 3 is 2.33 bits per heavy atom. The van der Waals surface area contributed by atoms with Gasteiger partial charge in [0.2, 0.25) is 0 Å². The number of hydrogen-bond acceptors (Lipinski definition) is 5. The van der Waals surface area contributed by atoms with Crippen LogP contribution in [0.1, 0.15) is 27.2 Å². The van der Waals surface area contributed by atoms with Crippen molar-refractivity contribution in [2.45, 2.75) is 44.9 Å². The van der Waals surface area contributed by atoms with Crippen LogP contribution in [0.5, 0.6) is 0 Å². The molecule has 1 amide bonds. The number of carbonyl (C=O) groups excluding carboxylic acids is 1. The first-order chi connectivity index (χ1) is 11.3. The number of carbonyl (C=O) groups is 1. The van der Waals surface area contributed by atoms with Gasteiger partial charge in [-0.25, -0.2) is 9.63 Å². The molecule has 130 valence electrons. The summed E-state index contributed by atoms with van der Waals surface area (Å²) in [6.45, 7) is 7.10. The third kappa shape index (κ3) is 3.16. The molecule has 0 saturated carbocycles. The van der Waals surface area contributed by atoms with E-state index in [-0.39, 0.29) is 12.1 Å². The highest BCUT2D eigenvalue weighted by molar-refractivity contribution is 5.70. The summed E-state index contributed by atoms with van der Waals surface area (Å²) in [4.78, 5) is 32.9. The normalized spacial score (nSPS) is 22.7. The second kappa shape index (κ2) is 5.96. The van der Waals surface area contributed by atoms with Gasteiger partial charge in [-0.3, -0.25) is 0 Å². The predicted molar refractivity (Wildman–Crippen MR) is 89.2 cm³/mol. The minimum absolute atomic E-state index is 0.180. The summed E-state index contributed by atoms with van der Waals surface area (Å²) in [6.07, 6.45) is 0.722. The van der Waals surface area contributed by atoms with Crippen molar-refractivity contribution in [1.29, 1.82) is 0 Å². The fourth-order valence-corrected chi connectivity index (χ4v) is 3.40. The Balaban J connectivity index is 1.65. The molecule has 2 aliphatic rings. The highest BCUT2D eigenvalue weighted by atomic mass is 16.8.